The number of carbonyl (C=O) groups is 1. The Balaban J connectivity index is 2.62. The summed E-state index contributed by atoms with van der Waals surface area (Å²) in [6, 6.07) is 2.13. The van der Waals surface area contributed by atoms with Crippen molar-refractivity contribution in [3.8, 4) is 11.8 Å². The lowest BCUT2D eigenvalue weighted by atomic mass is 10.2. The quantitative estimate of drug-likeness (QED) is 0.802. The molecule has 0 aromatic carbocycles. The highest BCUT2D eigenvalue weighted by atomic mass is 19.4. The van der Waals surface area contributed by atoms with Gasteiger partial charge in [0, 0.05) is 12.7 Å². The lowest BCUT2D eigenvalue weighted by Crippen LogP contribution is -2.21. The molecule has 0 aliphatic carbocycles. The predicted octanol–water partition coefficient (Wildman–Crippen LogP) is 1.74. The topological polar surface area (TPSA) is 42.0 Å². The summed E-state index contributed by atoms with van der Waals surface area (Å²) in [7, 11) is 0. The van der Waals surface area contributed by atoms with Crippen molar-refractivity contribution in [3.05, 3.63) is 29.6 Å². The monoisotopic (exact) mass is 242 g/mol. The van der Waals surface area contributed by atoms with Gasteiger partial charge in [-0.25, -0.2) is 0 Å². The van der Waals surface area contributed by atoms with Crippen molar-refractivity contribution >= 4 is 5.91 Å². The van der Waals surface area contributed by atoms with Gasteiger partial charge in [-0.3, -0.25) is 9.78 Å². The van der Waals surface area contributed by atoms with E-state index in [1.807, 2.05) is 0 Å². The van der Waals surface area contributed by atoms with E-state index in [2.05, 4.69) is 22.1 Å². The molecule has 0 saturated carbocycles. The summed E-state index contributed by atoms with van der Waals surface area (Å²) in [6.45, 7) is 1.61. The summed E-state index contributed by atoms with van der Waals surface area (Å²) in [5.74, 6) is 4.18. The summed E-state index contributed by atoms with van der Waals surface area (Å²) in [5, 5.41) is 2.42. The first kappa shape index (κ1) is 13.0. The van der Waals surface area contributed by atoms with Crippen LogP contribution in [0.3, 0.4) is 0 Å². The number of amides is 1. The SMILES string of the molecule is CC#CC(=O)NCc1ccc(C(F)(F)F)nc1. The maximum atomic E-state index is 12.2. The lowest BCUT2D eigenvalue weighted by Gasteiger charge is -2.06. The Morgan fingerprint density at radius 3 is 2.65 bits per heavy atom. The number of nitrogens with one attached hydrogen (secondary N) is 1. The van der Waals surface area contributed by atoms with E-state index in [0.717, 1.165) is 12.3 Å². The fourth-order valence-corrected chi connectivity index (χ4v) is 1.04. The van der Waals surface area contributed by atoms with Crippen LogP contribution in [0.4, 0.5) is 13.2 Å². The minimum atomic E-state index is -4.45. The normalized spacial score (nSPS) is 10.4. The summed E-state index contributed by atoms with van der Waals surface area (Å²) >= 11 is 0. The molecule has 1 amide bonds. The molecule has 0 aliphatic heterocycles. The zero-order valence-corrected chi connectivity index (χ0v) is 8.93. The second kappa shape index (κ2) is 5.34. The van der Waals surface area contributed by atoms with E-state index < -0.39 is 17.8 Å². The van der Waals surface area contributed by atoms with Gasteiger partial charge in [-0.05, 0) is 24.5 Å². The lowest BCUT2D eigenvalue weighted by molar-refractivity contribution is -0.141. The van der Waals surface area contributed by atoms with Crippen LogP contribution in [0.25, 0.3) is 0 Å². The Morgan fingerprint density at radius 1 is 1.47 bits per heavy atom. The van der Waals surface area contributed by atoms with Crippen molar-refractivity contribution in [1.82, 2.24) is 10.3 Å². The summed E-state index contributed by atoms with van der Waals surface area (Å²) in [4.78, 5) is 14.2. The molecule has 1 heterocycles. The standard InChI is InChI=1S/C11H9F3N2O/c1-2-3-10(17)16-7-8-4-5-9(15-6-8)11(12,13)14/h4-6H,7H2,1H3,(H,16,17). The third kappa shape index (κ3) is 4.15. The number of hydrogen-bond acceptors (Lipinski definition) is 2. The number of rotatable bonds is 2. The molecule has 0 unspecified atom stereocenters. The Hall–Kier alpha value is -2.03. The molecule has 17 heavy (non-hydrogen) atoms. The second-order valence-corrected chi connectivity index (χ2v) is 3.11. The summed E-state index contributed by atoms with van der Waals surface area (Å²) < 4.78 is 36.6. The van der Waals surface area contributed by atoms with Gasteiger partial charge in [-0.15, -0.1) is 0 Å². The minimum Gasteiger partial charge on any atom is -0.341 e. The fraction of sp³-hybridized carbons (Fsp3) is 0.273. The summed E-state index contributed by atoms with van der Waals surface area (Å²) in [6.07, 6.45) is -3.38. The van der Waals surface area contributed by atoms with E-state index in [9.17, 15) is 18.0 Å². The Kier molecular flexibility index (Phi) is 4.10. The van der Waals surface area contributed by atoms with Gasteiger partial charge in [-0.2, -0.15) is 13.2 Å². The maximum absolute atomic E-state index is 12.2. The number of pyridine rings is 1. The Morgan fingerprint density at radius 2 is 2.18 bits per heavy atom. The third-order valence-electron chi connectivity index (χ3n) is 1.81. The molecule has 1 aromatic heterocycles. The highest BCUT2D eigenvalue weighted by molar-refractivity contribution is 5.93. The number of carbonyl (C=O) groups excluding carboxylic acids is 1. The molecule has 6 heteroatoms. The Bertz CT molecular complexity index is 454. The van der Waals surface area contributed by atoms with Gasteiger partial charge in [0.05, 0.1) is 0 Å². The average Bonchev–Trinajstić information content (AvgIpc) is 2.26. The molecule has 0 radical (unpaired) electrons. The largest absolute Gasteiger partial charge is 0.433 e. The van der Waals surface area contributed by atoms with Gasteiger partial charge in [0.15, 0.2) is 0 Å². The zero-order chi connectivity index (χ0) is 12.9. The van der Waals surface area contributed by atoms with Gasteiger partial charge in [-0.1, -0.05) is 12.0 Å². The molecule has 0 atom stereocenters. The van der Waals surface area contributed by atoms with Crippen LogP contribution in [0, 0.1) is 11.8 Å². The minimum absolute atomic E-state index is 0.0959. The molecule has 1 N–H and O–H groups in total. The van der Waals surface area contributed by atoms with Gasteiger partial charge >= 0.3 is 6.18 Å². The molecule has 0 spiro atoms. The van der Waals surface area contributed by atoms with E-state index in [1.54, 1.807) is 0 Å². The van der Waals surface area contributed by atoms with E-state index in [4.69, 9.17) is 0 Å². The van der Waals surface area contributed by atoms with Crippen LogP contribution in [0.15, 0.2) is 18.3 Å². The van der Waals surface area contributed by atoms with Crippen molar-refractivity contribution in [3.63, 3.8) is 0 Å². The van der Waals surface area contributed by atoms with Crippen LogP contribution in [-0.4, -0.2) is 10.9 Å². The molecule has 0 fully saturated rings. The molecule has 0 aliphatic rings. The number of hydrogen-bond donors (Lipinski definition) is 1. The average molecular weight is 242 g/mol. The van der Waals surface area contributed by atoms with E-state index in [0.29, 0.717) is 5.56 Å². The molecular formula is C11H9F3N2O. The van der Waals surface area contributed by atoms with Crippen molar-refractivity contribution in [1.29, 1.82) is 0 Å². The van der Waals surface area contributed by atoms with Crippen molar-refractivity contribution in [2.45, 2.75) is 19.6 Å². The van der Waals surface area contributed by atoms with Crippen LogP contribution in [0.1, 0.15) is 18.2 Å². The third-order valence-corrected chi connectivity index (χ3v) is 1.81. The molecule has 90 valence electrons. The molecule has 0 bridgehead atoms. The van der Waals surface area contributed by atoms with Crippen molar-refractivity contribution in [2.75, 3.05) is 0 Å². The fourth-order valence-electron chi connectivity index (χ4n) is 1.04. The molecule has 0 saturated heterocycles. The second-order valence-electron chi connectivity index (χ2n) is 3.11. The maximum Gasteiger partial charge on any atom is 0.433 e. The number of alkyl halides is 3. The highest BCUT2D eigenvalue weighted by Crippen LogP contribution is 2.27. The van der Waals surface area contributed by atoms with Crippen molar-refractivity contribution < 1.29 is 18.0 Å². The van der Waals surface area contributed by atoms with Gasteiger partial charge in [0.25, 0.3) is 5.91 Å². The molecule has 1 rings (SSSR count). The van der Waals surface area contributed by atoms with E-state index >= 15 is 0 Å². The van der Waals surface area contributed by atoms with Crippen LogP contribution in [0.5, 0.6) is 0 Å². The molecule has 3 nitrogen and oxygen atoms in total. The first-order chi connectivity index (χ1) is 7.93. The number of aromatic nitrogens is 1. The smallest absolute Gasteiger partial charge is 0.341 e. The van der Waals surface area contributed by atoms with Crippen molar-refractivity contribution in [2.24, 2.45) is 0 Å². The zero-order valence-electron chi connectivity index (χ0n) is 8.93. The number of halogens is 3. The van der Waals surface area contributed by atoms with E-state index in [1.165, 1.54) is 13.0 Å². The van der Waals surface area contributed by atoms with Gasteiger partial charge < -0.3 is 5.32 Å². The molecular weight excluding hydrogens is 233 g/mol. The van der Waals surface area contributed by atoms with E-state index in [-0.39, 0.29) is 6.54 Å². The first-order valence-electron chi connectivity index (χ1n) is 4.66. The van der Waals surface area contributed by atoms with Crippen LogP contribution in [-0.2, 0) is 17.5 Å². The van der Waals surface area contributed by atoms with Gasteiger partial charge in [0.2, 0.25) is 0 Å². The molecule has 1 aromatic rings. The predicted molar refractivity (Wildman–Crippen MR) is 54.5 cm³/mol. The van der Waals surface area contributed by atoms with Gasteiger partial charge in [0.1, 0.15) is 5.69 Å². The summed E-state index contributed by atoms with van der Waals surface area (Å²) in [5.41, 5.74) is -0.481. The Labute approximate surface area is 96.0 Å². The van der Waals surface area contributed by atoms with Crippen LogP contribution >= 0.6 is 0 Å². The highest BCUT2D eigenvalue weighted by Gasteiger charge is 2.31. The first-order valence-corrected chi connectivity index (χ1v) is 4.66. The number of nitrogens with zero attached hydrogens (tertiary/aromatic N) is 1. The van der Waals surface area contributed by atoms with Crippen LogP contribution in [0.2, 0.25) is 0 Å². The van der Waals surface area contributed by atoms with Crippen LogP contribution < -0.4 is 5.32 Å².